The van der Waals surface area contributed by atoms with Gasteiger partial charge in [-0.2, -0.15) is 0 Å². The van der Waals surface area contributed by atoms with E-state index in [4.69, 9.17) is 9.47 Å². The SMILES string of the molecule is CCOC(=O)[C@H]1CCCN(C[C@@H](O)COc2ccccc2C(C)=O)C1. The van der Waals surface area contributed by atoms with Crippen LogP contribution in [0, 0.1) is 5.92 Å². The maximum Gasteiger partial charge on any atom is 0.310 e. The number of esters is 1. The Labute approximate surface area is 148 Å². The van der Waals surface area contributed by atoms with Crippen LogP contribution in [0.1, 0.15) is 37.0 Å². The lowest BCUT2D eigenvalue weighted by atomic mass is 9.98. The van der Waals surface area contributed by atoms with E-state index in [0.29, 0.717) is 31.0 Å². The van der Waals surface area contributed by atoms with Crippen LogP contribution < -0.4 is 4.74 Å². The second-order valence-electron chi connectivity index (χ2n) is 6.37. The van der Waals surface area contributed by atoms with Gasteiger partial charge in [0.15, 0.2) is 5.78 Å². The fourth-order valence-corrected chi connectivity index (χ4v) is 3.09. The molecule has 138 valence electrons. The predicted molar refractivity (Wildman–Crippen MR) is 93.7 cm³/mol. The number of nitrogens with zero attached hydrogens (tertiary/aromatic N) is 1. The van der Waals surface area contributed by atoms with Crippen LogP contribution in [0.4, 0.5) is 0 Å². The molecule has 0 bridgehead atoms. The fraction of sp³-hybridized carbons (Fsp3) is 0.579. The van der Waals surface area contributed by atoms with Gasteiger partial charge in [-0.3, -0.25) is 14.5 Å². The van der Waals surface area contributed by atoms with E-state index in [-0.39, 0.29) is 24.3 Å². The van der Waals surface area contributed by atoms with Crippen molar-refractivity contribution in [2.75, 3.05) is 32.8 Å². The van der Waals surface area contributed by atoms with Gasteiger partial charge in [-0.05, 0) is 45.4 Å². The average molecular weight is 349 g/mol. The number of aliphatic hydroxyl groups is 1. The number of β-amino-alcohol motifs (C(OH)–C–C–N with tert-alkyl or cyclic N) is 1. The zero-order valence-electron chi connectivity index (χ0n) is 14.9. The first kappa shape index (κ1) is 19.4. The van der Waals surface area contributed by atoms with Crippen LogP contribution in [0.15, 0.2) is 24.3 Å². The normalized spacial score (nSPS) is 19.2. The van der Waals surface area contributed by atoms with Gasteiger partial charge in [0.1, 0.15) is 18.5 Å². The van der Waals surface area contributed by atoms with E-state index < -0.39 is 6.10 Å². The topological polar surface area (TPSA) is 76.1 Å². The Morgan fingerprint density at radius 1 is 1.36 bits per heavy atom. The Morgan fingerprint density at radius 3 is 2.84 bits per heavy atom. The lowest BCUT2D eigenvalue weighted by Gasteiger charge is -2.32. The first-order valence-electron chi connectivity index (χ1n) is 8.81. The largest absolute Gasteiger partial charge is 0.490 e. The highest BCUT2D eigenvalue weighted by Gasteiger charge is 2.27. The molecule has 2 rings (SSSR count). The quantitative estimate of drug-likeness (QED) is 0.571. The molecule has 0 amide bonds. The molecule has 1 N–H and O–H groups in total. The summed E-state index contributed by atoms with van der Waals surface area (Å²) in [5, 5.41) is 10.3. The Bertz CT molecular complexity index is 589. The second-order valence-corrected chi connectivity index (χ2v) is 6.37. The van der Waals surface area contributed by atoms with Crippen molar-refractivity contribution in [3.05, 3.63) is 29.8 Å². The molecule has 1 saturated heterocycles. The van der Waals surface area contributed by atoms with Gasteiger partial charge in [0.05, 0.1) is 18.1 Å². The van der Waals surface area contributed by atoms with Crippen molar-refractivity contribution in [2.45, 2.75) is 32.8 Å². The summed E-state index contributed by atoms with van der Waals surface area (Å²) in [6.45, 7) is 5.65. The number of aliphatic hydroxyl groups excluding tert-OH is 1. The van der Waals surface area contributed by atoms with E-state index in [1.807, 2.05) is 0 Å². The predicted octanol–water partition coefficient (Wildman–Crippen LogP) is 1.90. The van der Waals surface area contributed by atoms with Gasteiger partial charge in [0, 0.05) is 13.1 Å². The molecule has 1 aromatic rings. The third-order valence-electron chi connectivity index (χ3n) is 4.29. The zero-order valence-corrected chi connectivity index (χ0v) is 14.9. The average Bonchev–Trinajstić information content (AvgIpc) is 2.60. The Balaban J connectivity index is 1.83. The van der Waals surface area contributed by atoms with Crippen molar-refractivity contribution in [3.63, 3.8) is 0 Å². The molecule has 2 atom stereocenters. The van der Waals surface area contributed by atoms with Gasteiger partial charge in [-0.15, -0.1) is 0 Å². The lowest BCUT2D eigenvalue weighted by molar-refractivity contribution is -0.150. The molecule has 0 radical (unpaired) electrons. The molecule has 0 spiro atoms. The number of likely N-dealkylation sites (tertiary alicyclic amines) is 1. The Kier molecular flexibility index (Phi) is 7.40. The van der Waals surface area contributed by atoms with Crippen LogP contribution >= 0.6 is 0 Å². The summed E-state index contributed by atoms with van der Waals surface area (Å²) >= 11 is 0. The lowest BCUT2D eigenvalue weighted by Crippen LogP contribution is -2.44. The van der Waals surface area contributed by atoms with Gasteiger partial charge < -0.3 is 14.6 Å². The number of rotatable bonds is 8. The summed E-state index contributed by atoms with van der Waals surface area (Å²) < 4.78 is 10.7. The molecule has 25 heavy (non-hydrogen) atoms. The number of Topliss-reactive ketones (excluding diaryl/α,β-unsaturated/α-hetero) is 1. The maximum absolute atomic E-state index is 11.9. The molecule has 1 aliphatic rings. The van der Waals surface area contributed by atoms with Crippen molar-refractivity contribution in [1.82, 2.24) is 4.90 Å². The molecule has 0 saturated carbocycles. The fourth-order valence-electron chi connectivity index (χ4n) is 3.09. The van der Waals surface area contributed by atoms with E-state index in [2.05, 4.69) is 4.90 Å². The minimum Gasteiger partial charge on any atom is -0.490 e. The molecule has 0 aromatic heterocycles. The van der Waals surface area contributed by atoms with Crippen LogP contribution in [0.2, 0.25) is 0 Å². The minimum atomic E-state index is -0.694. The van der Waals surface area contributed by atoms with Crippen molar-refractivity contribution >= 4 is 11.8 Å². The number of hydrogen-bond acceptors (Lipinski definition) is 6. The van der Waals surface area contributed by atoms with E-state index in [1.165, 1.54) is 6.92 Å². The van der Waals surface area contributed by atoms with Crippen LogP contribution in [0.5, 0.6) is 5.75 Å². The summed E-state index contributed by atoms with van der Waals surface area (Å²) in [6, 6.07) is 7.01. The summed E-state index contributed by atoms with van der Waals surface area (Å²) in [7, 11) is 0. The molecule has 6 heteroatoms. The minimum absolute atomic E-state index is 0.0709. The van der Waals surface area contributed by atoms with E-state index in [1.54, 1.807) is 31.2 Å². The van der Waals surface area contributed by atoms with Gasteiger partial charge in [0.25, 0.3) is 0 Å². The van der Waals surface area contributed by atoms with Crippen molar-refractivity contribution in [2.24, 2.45) is 5.92 Å². The number of benzene rings is 1. The highest BCUT2D eigenvalue weighted by Crippen LogP contribution is 2.20. The van der Waals surface area contributed by atoms with Crippen molar-refractivity contribution in [1.29, 1.82) is 0 Å². The Hall–Kier alpha value is -1.92. The number of ketones is 1. The first-order chi connectivity index (χ1) is 12.0. The van der Waals surface area contributed by atoms with Gasteiger partial charge in [0.2, 0.25) is 0 Å². The van der Waals surface area contributed by atoms with E-state index in [9.17, 15) is 14.7 Å². The third kappa shape index (κ3) is 5.83. The van der Waals surface area contributed by atoms with E-state index >= 15 is 0 Å². The smallest absolute Gasteiger partial charge is 0.310 e. The Morgan fingerprint density at radius 2 is 2.12 bits per heavy atom. The number of hydrogen-bond donors (Lipinski definition) is 1. The first-order valence-corrected chi connectivity index (χ1v) is 8.81. The number of ether oxygens (including phenoxy) is 2. The molecule has 1 fully saturated rings. The molecule has 0 unspecified atom stereocenters. The third-order valence-corrected chi connectivity index (χ3v) is 4.29. The molecule has 1 aromatic carbocycles. The second kappa shape index (κ2) is 9.53. The maximum atomic E-state index is 11.9. The van der Waals surface area contributed by atoms with Crippen LogP contribution in [-0.2, 0) is 9.53 Å². The molecule has 1 heterocycles. The highest BCUT2D eigenvalue weighted by molar-refractivity contribution is 5.96. The molecule has 1 aliphatic heterocycles. The van der Waals surface area contributed by atoms with Crippen LogP contribution in [0.3, 0.4) is 0 Å². The summed E-state index contributed by atoms with van der Waals surface area (Å²) in [4.78, 5) is 25.5. The molecule has 0 aliphatic carbocycles. The molecular formula is C19H27NO5. The van der Waals surface area contributed by atoms with Crippen LogP contribution in [-0.4, -0.2) is 60.7 Å². The monoisotopic (exact) mass is 349 g/mol. The van der Waals surface area contributed by atoms with Crippen molar-refractivity contribution in [3.8, 4) is 5.75 Å². The summed E-state index contributed by atoms with van der Waals surface area (Å²) in [5.41, 5.74) is 0.509. The number of carbonyl (C=O) groups excluding carboxylic acids is 2. The van der Waals surface area contributed by atoms with Crippen molar-refractivity contribution < 1.29 is 24.2 Å². The van der Waals surface area contributed by atoms with Crippen LogP contribution in [0.25, 0.3) is 0 Å². The summed E-state index contributed by atoms with van der Waals surface area (Å²) in [5.74, 6) is 0.129. The van der Waals surface area contributed by atoms with Gasteiger partial charge in [-0.25, -0.2) is 0 Å². The number of para-hydroxylation sites is 1. The summed E-state index contributed by atoms with van der Waals surface area (Å²) in [6.07, 6.45) is 1.04. The zero-order chi connectivity index (χ0) is 18.2. The number of piperidine rings is 1. The molecule has 6 nitrogen and oxygen atoms in total. The highest BCUT2D eigenvalue weighted by atomic mass is 16.5. The number of carbonyl (C=O) groups is 2. The standard InChI is InChI=1S/C19H27NO5/c1-3-24-19(23)15-7-6-10-20(11-15)12-16(22)13-25-18-9-5-4-8-17(18)14(2)21/h4-5,8-9,15-16,22H,3,6-7,10-13H2,1-2H3/t15-,16+/m0/s1. The molecular weight excluding hydrogens is 322 g/mol. The van der Waals surface area contributed by atoms with Gasteiger partial charge in [-0.1, -0.05) is 12.1 Å². The van der Waals surface area contributed by atoms with E-state index in [0.717, 1.165) is 19.4 Å². The van der Waals surface area contributed by atoms with Gasteiger partial charge >= 0.3 is 5.97 Å².